The number of carbonyl (C=O) groups excluding carboxylic acids is 1. The minimum absolute atomic E-state index is 0.542. The Balaban J connectivity index is 2.60. The lowest BCUT2D eigenvalue weighted by Gasteiger charge is -2.29. The second kappa shape index (κ2) is 2.94. The first kappa shape index (κ1) is 7.44. The average Bonchev–Trinajstić information content (AvgIpc) is 2.06. The molecular weight excluding hydrogens is 130 g/mol. The second-order valence-corrected chi connectivity index (χ2v) is 2.30. The zero-order valence-electron chi connectivity index (χ0n) is 5.80. The minimum atomic E-state index is -0.766. The molecule has 1 N–H and O–H groups in total. The fourth-order valence-electron chi connectivity index (χ4n) is 0.903. The lowest BCUT2D eigenvalue weighted by molar-refractivity contribution is -0.127. The molecule has 3 heteroatoms. The molecule has 3 nitrogen and oxygen atoms in total. The van der Waals surface area contributed by atoms with Gasteiger partial charge in [-0.3, -0.25) is 4.79 Å². The van der Waals surface area contributed by atoms with Gasteiger partial charge in [0.15, 0.2) is 11.9 Å². The molecule has 1 aliphatic rings. The standard InChI is InChI=1S/C7H11NO2/c1-2-7(6-9)5-8-3-4-10-7/h2,6,8H,1,3-5H2/t7-/m1/s1. The van der Waals surface area contributed by atoms with Gasteiger partial charge in [-0.2, -0.15) is 0 Å². The van der Waals surface area contributed by atoms with E-state index in [0.29, 0.717) is 13.2 Å². The third-order valence-corrected chi connectivity index (χ3v) is 1.60. The van der Waals surface area contributed by atoms with E-state index in [1.165, 1.54) is 6.08 Å². The van der Waals surface area contributed by atoms with Crippen LogP contribution in [0.2, 0.25) is 0 Å². The van der Waals surface area contributed by atoms with Crippen molar-refractivity contribution in [3.05, 3.63) is 12.7 Å². The quantitative estimate of drug-likeness (QED) is 0.425. The Morgan fingerprint density at radius 1 is 1.70 bits per heavy atom. The summed E-state index contributed by atoms with van der Waals surface area (Å²) >= 11 is 0. The molecule has 1 atom stereocenters. The van der Waals surface area contributed by atoms with E-state index in [0.717, 1.165) is 12.8 Å². The minimum Gasteiger partial charge on any atom is -0.361 e. The van der Waals surface area contributed by atoms with E-state index in [4.69, 9.17) is 4.74 Å². The Labute approximate surface area is 60.1 Å². The average molecular weight is 141 g/mol. The summed E-state index contributed by atoms with van der Waals surface area (Å²) < 4.78 is 5.22. The first-order chi connectivity index (χ1) is 4.83. The van der Waals surface area contributed by atoms with Crippen LogP contribution in [0.25, 0.3) is 0 Å². The van der Waals surface area contributed by atoms with Crippen molar-refractivity contribution in [1.82, 2.24) is 5.32 Å². The number of rotatable bonds is 2. The van der Waals surface area contributed by atoms with Gasteiger partial charge in [0.1, 0.15) is 0 Å². The number of hydrogen-bond donors (Lipinski definition) is 1. The number of ether oxygens (including phenoxy) is 1. The highest BCUT2D eigenvalue weighted by molar-refractivity contribution is 5.66. The maximum absolute atomic E-state index is 10.5. The molecule has 0 unspecified atom stereocenters. The van der Waals surface area contributed by atoms with Gasteiger partial charge in [-0.25, -0.2) is 0 Å². The summed E-state index contributed by atoms with van der Waals surface area (Å²) in [5.74, 6) is 0. The van der Waals surface area contributed by atoms with E-state index in [-0.39, 0.29) is 0 Å². The van der Waals surface area contributed by atoms with Crippen molar-refractivity contribution in [2.24, 2.45) is 0 Å². The number of carbonyl (C=O) groups is 1. The molecule has 56 valence electrons. The van der Waals surface area contributed by atoms with Crippen LogP contribution >= 0.6 is 0 Å². The van der Waals surface area contributed by atoms with E-state index < -0.39 is 5.60 Å². The molecule has 0 spiro atoms. The smallest absolute Gasteiger partial charge is 0.157 e. The molecule has 0 aromatic carbocycles. The van der Waals surface area contributed by atoms with Gasteiger partial charge in [-0.05, 0) is 0 Å². The maximum atomic E-state index is 10.5. The summed E-state index contributed by atoms with van der Waals surface area (Å²) in [6.45, 7) is 5.46. The van der Waals surface area contributed by atoms with Gasteiger partial charge in [0.2, 0.25) is 0 Å². The number of hydrogen-bond acceptors (Lipinski definition) is 3. The van der Waals surface area contributed by atoms with E-state index in [9.17, 15) is 4.79 Å². The fourth-order valence-corrected chi connectivity index (χ4v) is 0.903. The molecule has 0 bridgehead atoms. The lowest BCUT2D eigenvalue weighted by atomic mass is 10.1. The van der Waals surface area contributed by atoms with Gasteiger partial charge in [-0.1, -0.05) is 12.7 Å². The van der Waals surface area contributed by atoms with Gasteiger partial charge < -0.3 is 10.1 Å². The largest absolute Gasteiger partial charge is 0.361 e. The normalized spacial score (nSPS) is 33.2. The Morgan fingerprint density at radius 2 is 2.50 bits per heavy atom. The van der Waals surface area contributed by atoms with E-state index >= 15 is 0 Å². The van der Waals surface area contributed by atoms with Crippen LogP contribution < -0.4 is 5.32 Å². The zero-order valence-corrected chi connectivity index (χ0v) is 5.80. The Kier molecular flexibility index (Phi) is 2.19. The van der Waals surface area contributed by atoms with Crippen molar-refractivity contribution >= 4 is 6.29 Å². The monoisotopic (exact) mass is 141 g/mol. The lowest BCUT2D eigenvalue weighted by Crippen LogP contribution is -2.49. The predicted octanol–water partition coefficient (Wildman–Crippen LogP) is -0.270. The highest BCUT2D eigenvalue weighted by Gasteiger charge is 2.28. The SMILES string of the molecule is C=C[C@]1(C=O)CNCCO1. The maximum Gasteiger partial charge on any atom is 0.157 e. The highest BCUT2D eigenvalue weighted by atomic mass is 16.5. The van der Waals surface area contributed by atoms with E-state index in [1.807, 2.05) is 0 Å². The van der Waals surface area contributed by atoms with Crippen molar-refractivity contribution in [3.63, 3.8) is 0 Å². The Morgan fingerprint density at radius 3 is 2.80 bits per heavy atom. The van der Waals surface area contributed by atoms with Crippen LogP contribution in [0.3, 0.4) is 0 Å². The number of nitrogens with one attached hydrogen (secondary N) is 1. The Hall–Kier alpha value is -0.670. The van der Waals surface area contributed by atoms with Crippen molar-refractivity contribution < 1.29 is 9.53 Å². The molecule has 0 amide bonds. The summed E-state index contributed by atoms with van der Waals surface area (Å²) in [6, 6.07) is 0. The molecule has 0 radical (unpaired) electrons. The van der Waals surface area contributed by atoms with Gasteiger partial charge in [0, 0.05) is 13.1 Å². The molecule has 0 aromatic heterocycles. The third-order valence-electron chi connectivity index (χ3n) is 1.60. The molecule has 0 aromatic rings. The summed E-state index contributed by atoms with van der Waals surface area (Å²) in [7, 11) is 0. The zero-order chi connectivity index (χ0) is 7.45. The van der Waals surface area contributed by atoms with Crippen molar-refractivity contribution in [2.45, 2.75) is 5.60 Å². The van der Waals surface area contributed by atoms with Crippen molar-refractivity contribution in [3.8, 4) is 0 Å². The summed E-state index contributed by atoms with van der Waals surface area (Å²) in [4.78, 5) is 10.5. The van der Waals surface area contributed by atoms with Gasteiger partial charge in [0.25, 0.3) is 0 Å². The fraction of sp³-hybridized carbons (Fsp3) is 0.571. The molecule has 1 fully saturated rings. The number of aldehydes is 1. The van der Waals surface area contributed by atoms with Crippen molar-refractivity contribution in [1.29, 1.82) is 0 Å². The first-order valence-corrected chi connectivity index (χ1v) is 3.27. The summed E-state index contributed by atoms with van der Waals surface area (Å²) in [6.07, 6.45) is 2.32. The van der Waals surface area contributed by atoms with Crippen LogP contribution in [0.5, 0.6) is 0 Å². The van der Waals surface area contributed by atoms with Gasteiger partial charge in [-0.15, -0.1) is 0 Å². The van der Waals surface area contributed by atoms with Crippen LogP contribution in [0.15, 0.2) is 12.7 Å². The molecule has 1 heterocycles. The van der Waals surface area contributed by atoms with E-state index in [2.05, 4.69) is 11.9 Å². The number of morpholine rings is 1. The van der Waals surface area contributed by atoms with Crippen LogP contribution in [0, 0.1) is 0 Å². The first-order valence-electron chi connectivity index (χ1n) is 3.27. The van der Waals surface area contributed by atoms with Crippen LogP contribution in [0.4, 0.5) is 0 Å². The van der Waals surface area contributed by atoms with Crippen LogP contribution in [-0.2, 0) is 9.53 Å². The highest BCUT2D eigenvalue weighted by Crippen LogP contribution is 2.10. The Bertz CT molecular complexity index is 129. The predicted molar refractivity (Wildman–Crippen MR) is 37.8 cm³/mol. The molecule has 10 heavy (non-hydrogen) atoms. The van der Waals surface area contributed by atoms with Crippen LogP contribution in [0.1, 0.15) is 0 Å². The second-order valence-electron chi connectivity index (χ2n) is 2.30. The van der Waals surface area contributed by atoms with Gasteiger partial charge >= 0.3 is 0 Å². The summed E-state index contributed by atoms with van der Waals surface area (Å²) in [5, 5.41) is 3.05. The van der Waals surface area contributed by atoms with Crippen molar-refractivity contribution in [2.75, 3.05) is 19.7 Å². The topological polar surface area (TPSA) is 38.3 Å². The van der Waals surface area contributed by atoms with Gasteiger partial charge in [0.05, 0.1) is 6.61 Å². The summed E-state index contributed by atoms with van der Waals surface area (Å²) in [5.41, 5.74) is -0.766. The molecule has 1 saturated heterocycles. The molecule has 1 aliphatic heterocycles. The molecule has 0 saturated carbocycles. The third kappa shape index (κ3) is 1.25. The molecular formula is C7H11NO2. The molecule has 1 rings (SSSR count). The van der Waals surface area contributed by atoms with Crippen LogP contribution in [-0.4, -0.2) is 31.6 Å². The van der Waals surface area contributed by atoms with E-state index in [1.54, 1.807) is 0 Å². The molecule has 0 aliphatic carbocycles.